The lowest BCUT2D eigenvalue weighted by atomic mass is 10.2. The molecular weight excluding hydrogens is 254 g/mol. The van der Waals surface area contributed by atoms with Crippen molar-refractivity contribution >= 4 is 11.5 Å². The molecule has 0 amide bonds. The van der Waals surface area contributed by atoms with Crippen molar-refractivity contribution in [1.82, 2.24) is 19.8 Å². The van der Waals surface area contributed by atoms with Crippen LogP contribution in [0.3, 0.4) is 0 Å². The Labute approximate surface area is 116 Å². The molecule has 0 saturated carbocycles. The molecule has 20 heavy (non-hydrogen) atoms. The highest BCUT2D eigenvalue weighted by Crippen LogP contribution is 2.14. The number of aromatic nitrogens is 4. The van der Waals surface area contributed by atoms with Gasteiger partial charge in [0.2, 0.25) is 0 Å². The van der Waals surface area contributed by atoms with Crippen LogP contribution in [0.1, 0.15) is 5.56 Å². The van der Waals surface area contributed by atoms with Crippen LogP contribution in [0.2, 0.25) is 0 Å². The molecule has 1 N–H and O–H groups in total. The SMILES string of the molecule is OCCN(Cc1ccccc1)c1ccc2nncn2n1. The first-order chi connectivity index (χ1) is 9.86. The molecule has 2 aromatic heterocycles. The van der Waals surface area contributed by atoms with Gasteiger partial charge in [-0.25, -0.2) is 0 Å². The van der Waals surface area contributed by atoms with E-state index in [0.29, 0.717) is 18.7 Å². The van der Waals surface area contributed by atoms with Crippen LogP contribution in [0.4, 0.5) is 5.82 Å². The number of benzene rings is 1. The Morgan fingerprint density at radius 2 is 1.95 bits per heavy atom. The van der Waals surface area contributed by atoms with Crippen LogP contribution in [-0.2, 0) is 6.54 Å². The number of fused-ring (bicyclic) bond motifs is 1. The number of hydrogen-bond donors (Lipinski definition) is 1. The third-order valence-corrected chi connectivity index (χ3v) is 3.06. The number of aliphatic hydroxyl groups is 1. The highest BCUT2D eigenvalue weighted by molar-refractivity contribution is 5.45. The lowest BCUT2D eigenvalue weighted by Crippen LogP contribution is -2.27. The van der Waals surface area contributed by atoms with Crippen molar-refractivity contribution in [2.75, 3.05) is 18.1 Å². The summed E-state index contributed by atoms with van der Waals surface area (Å²) in [6.07, 6.45) is 1.57. The summed E-state index contributed by atoms with van der Waals surface area (Å²) in [4.78, 5) is 2.02. The Balaban J connectivity index is 1.89. The second kappa shape index (κ2) is 5.66. The molecule has 1 aromatic carbocycles. The summed E-state index contributed by atoms with van der Waals surface area (Å²) in [6, 6.07) is 13.9. The van der Waals surface area contributed by atoms with Gasteiger partial charge in [-0.05, 0) is 17.7 Å². The van der Waals surface area contributed by atoms with E-state index in [-0.39, 0.29) is 6.61 Å². The van der Waals surface area contributed by atoms with E-state index in [4.69, 9.17) is 0 Å². The standard InChI is InChI=1S/C14H15N5O/c20-9-8-18(10-12-4-2-1-3-5-12)14-7-6-13-16-15-11-19(13)17-14/h1-7,11,20H,8-10H2. The van der Waals surface area contributed by atoms with Crippen molar-refractivity contribution in [3.8, 4) is 0 Å². The molecule has 0 aliphatic heterocycles. The van der Waals surface area contributed by atoms with Gasteiger partial charge in [0.1, 0.15) is 12.1 Å². The number of aliphatic hydroxyl groups excluding tert-OH is 1. The molecule has 0 bridgehead atoms. The third kappa shape index (κ3) is 2.60. The maximum absolute atomic E-state index is 9.25. The largest absolute Gasteiger partial charge is 0.395 e. The van der Waals surface area contributed by atoms with Crippen LogP contribution >= 0.6 is 0 Å². The Morgan fingerprint density at radius 3 is 2.75 bits per heavy atom. The van der Waals surface area contributed by atoms with Gasteiger partial charge in [-0.2, -0.15) is 4.52 Å². The lowest BCUT2D eigenvalue weighted by Gasteiger charge is -2.22. The second-order valence-electron chi connectivity index (χ2n) is 4.46. The minimum absolute atomic E-state index is 0.0781. The van der Waals surface area contributed by atoms with Crippen molar-refractivity contribution in [3.05, 3.63) is 54.4 Å². The lowest BCUT2D eigenvalue weighted by molar-refractivity contribution is 0.301. The highest BCUT2D eigenvalue weighted by atomic mass is 16.3. The Hall–Kier alpha value is -2.47. The van der Waals surface area contributed by atoms with Crippen LogP contribution < -0.4 is 4.90 Å². The molecule has 6 nitrogen and oxygen atoms in total. The molecule has 0 aliphatic rings. The molecule has 0 unspecified atom stereocenters. The van der Waals surface area contributed by atoms with Crippen molar-refractivity contribution < 1.29 is 5.11 Å². The van der Waals surface area contributed by atoms with Crippen LogP contribution in [0.5, 0.6) is 0 Å². The van der Waals surface area contributed by atoms with E-state index in [1.165, 1.54) is 5.56 Å². The van der Waals surface area contributed by atoms with E-state index in [0.717, 1.165) is 5.82 Å². The van der Waals surface area contributed by atoms with Gasteiger partial charge in [-0.3, -0.25) is 0 Å². The van der Waals surface area contributed by atoms with Gasteiger partial charge in [0.15, 0.2) is 5.65 Å². The fraction of sp³-hybridized carbons (Fsp3) is 0.214. The predicted octanol–water partition coefficient (Wildman–Crippen LogP) is 1.12. The summed E-state index contributed by atoms with van der Waals surface area (Å²) >= 11 is 0. The topological polar surface area (TPSA) is 66.5 Å². The van der Waals surface area contributed by atoms with E-state index in [9.17, 15) is 5.11 Å². The Bertz CT molecular complexity index is 682. The molecule has 0 fully saturated rings. The quantitative estimate of drug-likeness (QED) is 0.752. The molecule has 6 heteroatoms. The highest BCUT2D eigenvalue weighted by Gasteiger charge is 2.09. The van der Waals surface area contributed by atoms with Crippen molar-refractivity contribution in [3.63, 3.8) is 0 Å². The minimum atomic E-state index is 0.0781. The predicted molar refractivity (Wildman–Crippen MR) is 75.4 cm³/mol. The zero-order valence-corrected chi connectivity index (χ0v) is 10.9. The maximum atomic E-state index is 9.25. The summed E-state index contributed by atoms with van der Waals surface area (Å²) in [7, 11) is 0. The number of nitrogens with zero attached hydrogens (tertiary/aromatic N) is 5. The Kier molecular flexibility index (Phi) is 3.56. The summed E-state index contributed by atoms with van der Waals surface area (Å²) in [6.45, 7) is 1.30. The van der Waals surface area contributed by atoms with Crippen LogP contribution in [0.15, 0.2) is 48.8 Å². The molecule has 102 valence electrons. The maximum Gasteiger partial charge on any atom is 0.177 e. The number of hydrogen-bond acceptors (Lipinski definition) is 5. The minimum Gasteiger partial charge on any atom is -0.395 e. The van der Waals surface area contributed by atoms with Gasteiger partial charge < -0.3 is 10.0 Å². The van der Waals surface area contributed by atoms with Gasteiger partial charge in [0, 0.05) is 13.1 Å². The average Bonchev–Trinajstić information content (AvgIpc) is 2.95. The molecule has 0 saturated heterocycles. The van der Waals surface area contributed by atoms with E-state index in [2.05, 4.69) is 27.4 Å². The third-order valence-electron chi connectivity index (χ3n) is 3.06. The van der Waals surface area contributed by atoms with Gasteiger partial charge in [-0.15, -0.1) is 15.3 Å². The summed E-state index contributed by atoms with van der Waals surface area (Å²) in [5.41, 5.74) is 1.88. The van der Waals surface area contributed by atoms with Gasteiger partial charge >= 0.3 is 0 Å². The van der Waals surface area contributed by atoms with Gasteiger partial charge in [-0.1, -0.05) is 30.3 Å². The summed E-state index contributed by atoms with van der Waals surface area (Å²) in [5.74, 6) is 0.787. The van der Waals surface area contributed by atoms with Crippen molar-refractivity contribution in [1.29, 1.82) is 0 Å². The summed E-state index contributed by atoms with van der Waals surface area (Å²) < 4.78 is 1.63. The molecule has 0 spiro atoms. The fourth-order valence-electron chi connectivity index (χ4n) is 2.09. The molecule has 0 atom stereocenters. The first-order valence-corrected chi connectivity index (χ1v) is 6.43. The number of anilines is 1. The van der Waals surface area contributed by atoms with E-state index >= 15 is 0 Å². The second-order valence-corrected chi connectivity index (χ2v) is 4.46. The average molecular weight is 269 g/mol. The van der Waals surface area contributed by atoms with Gasteiger partial charge in [0.25, 0.3) is 0 Å². The van der Waals surface area contributed by atoms with Crippen LogP contribution in [-0.4, -0.2) is 38.1 Å². The molecule has 0 aliphatic carbocycles. The smallest absolute Gasteiger partial charge is 0.177 e. The molecule has 3 aromatic rings. The first kappa shape index (κ1) is 12.6. The van der Waals surface area contributed by atoms with E-state index in [1.807, 2.05) is 35.2 Å². The molecule has 3 rings (SSSR count). The fourth-order valence-corrected chi connectivity index (χ4v) is 2.09. The molecular formula is C14H15N5O. The molecule has 2 heterocycles. The van der Waals surface area contributed by atoms with Gasteiger partial charge in [0.05, 0.1) is 6.61 Å². The van der Waals surface area contributed by atoms with E-state index in [1.54, 1.807) is 10.8 Å². The van der Waals surface area contributed by atoms with Crippen LogP contribution in [0.25, 0.3) is 5.65 Å². The first-order valence-electron chi connectivity index (χ1n) is 6.43. The monoisotopic (exact) mass is 269 g/mol. The van der Waals surface area contributed by atoms with Crippen molar-refractivity contribution in [2.45, 2.75) is 6.54 Å². The zero-order chi connectivity index (χ0) is 13.8. The summed E-state index contributed by atoms with van der Waals surface area (Å²) in [5, 5.41) is 21.5. The normalized spacial score (nSPS) is 10.8. The van der Waals surface area contributed by atoms with Crippen molar-refractivity contribution in [2.24, 2.45) is 0 Å². The number of rotatable bonds is 5. The van der Waals surface area contributed by atoms with Crippen LogP contribution in [0, 0.1) is 0 Å². The van der Waals surface area contributed by atoms with E-state index < -0.39 is 0 Å². The Morgan fingerprint density at radius 1 is 1.10 bits per heavy atom. The molecule has 0 radical (unpaired) electrons. The zero-order valence-electron chi connectivity index (χ0n) is 10.9.